The number of carbonyl (C=O) groups excluding carboxylic acids is 1. The van der Waals surface area contributed by atoms with Gasteiger partial charge in [0.1, 0.15) is 11.5 Å². The molecule has 0 bridgehead atoms. The second kappa shape index (κ2) is 10.3. The van der Waals surface area contributed by atoms with Crippen LogP contribution in [0, 0.1) is 0 Å². The summed E-state index contributed by atoms with van der Waals surface area (Å²) in [6.45, 7) is 2.26. The van der Waals surface area contributed by atoms with Gasteiger partial charge in [-0.1, -0.05) is 29.3 Å². The number of hydrogen-bond acceptors (Lipinski definition) is 5. The van der Waals surface area contributed by atoms with E-state index in [9.17, 15) is 4.79 Å². The van der Waals surface area contributed by atoms with Crippen LogP contribution < -0.4 is 10.6 Å². The Morgan fingerprint density at radius 1 is 1.15 bits per heavy atom. The molecule has 8 heteroatoms. The van der Waals surface area contributed by atoms with Crippen LogP contribution in [0.4, 0.5) is 5.82 Å². The van der Waals surface area contributed by atoms with Crippen molar-refractivity contribution in [2.45, 2.75) is 12.8 Å². The van der Waals surface area contributed by atoms with Gasteiger partial charge < -0.3 is 15.5 Å². The molecule has 1 aromatic heterocycles. The number of nitrogens with one attached hydrogen (secondary N) is 2. The summed E-state index contributed by atoms with van der Waals surface area (Å²) in [5.41, 5.74) is 1.21. The molecule has 0 saturated heterocycles. The minimum Gasteiger partial charge on any atom is -0.369 e. The zero-order valence-electron chi connectivity index (χ0n) is 14.9. The Morgan fingerprint density at radius 3 is 2.62 bits per heavy atom. The number of nitrogens with zero attached hydrogens (tertiary/aromatic N) is 3. The molecular weight excluding hydrogens is 373 g/mol. The summed E-state index contributed by atoms with van der Waals surface area (Å²) >= 11 is 12.0. The lowest BCUT2D eigenvalue weighted by Crippen LogP contribution is -2.26. The van der Waals surface area contributed by atoms with Gasteiger partial charge in [0.2, 0.25) is 0 Å². The second-order valence-electron chi connectivity index (χ2n) is 6.11. The molecule has 0 radical (unpaired) electrons. The second-order valence-corrected chi connectivity index (χ2v) is 6.96. The molecule has 0 aliphatic carbocycles. The van der Waals surface area contributed by atoms with Gasteiger partial charge in [0.05, 0.1) is 12.4 Å². The van der Waals surface area contributed by atoms with E-state index >= 15 is 0 Å². The highest BCUT2D eigenvalue weighted by Gasteiger charge is 2.08. The monoisotopic (exact) mass is 395 g/mol. The molecule has 1 aromatic carbocycles. The summed E-state index contributed by atoms with van der Waals surface area (Å²) in [5.74, 6) is 0.398. The van der Waals surface area contributed by atoms with E-state index in [2.05, 4.69) is 25.5 Å². The average molecular weight is 396 g/mol. The number of anilines is 1. The van der Waals surface area contributed by atoms with Gasteiger partial charge in [-0.3, -0.25) is 4.79 Å². The normalized spacial score (nSPS) is 10.8. The van der Waals surface area contributed by atoms with Crippen molar-refractivity contribution >= 4 is 34.9 Å². The molecular formula is C18H23Cl2N5O. The highest BCUT2D eigenvalue weighted by Crippen LogP contribution is 2.21. The lowest BCUT2D eigenvalue weighted by Gasteiger charge is -2.10. The van der Waals surface area contributed by atoms with Crippen molar-refractivity contribution in [1.29, 1.82) is 0 Å². The number of benzene rings is 1. The third kappa shape index (κ3) is 6.78. The minimum absolute atomic E-state index is 0.262. The summed E-state index contributed by atoms with van der Waals surface area (Å²) in [4.78, 5) is 22.6. The molecule has 0 atom stereocenters. The molecule has 6 nitrogen and oxygen atoms in total. The van der Waals surface area contributed by atoms with E-state index in [0.717, 1.165) is 25.1 Å². The fourth-order valence-corrected chi connectivity index (χ4v) is 2.78. The average Bonchev–Trinajstić information content (AvgIpc) is 2.61. The molecule has 140 valence electrons. The van der Waals surface area contributed by atoms with Crippen LogP contribution in [0.1, 0.15) is 22.5 Å². The van der Waals surface area contributed by atoms with Gasteiger partial charge in [0.15, 0.2) is 0 Å². The van der Waals surface area contributed by atoms with E-state index in [-0.39, 0.29) is 11.6 Å². The fraction of sp³-hybridized carbons (Fsp3) is 0.389. The van der Waals surface area contributed by atoms with Gasteiger partial charge in [0.25, 0.3) is 5.91 Å². The standard InChI is InChI=1S/C18H23Cl2N5O/c1-25(2)9-3-7-21-17-12-23-16(11-24-17)18(26)22-8-6-13-4-5-14(19)10-15(13)20/h4-5,10-12H,3,6-9H2,1-2H3,(H,21,24)(H,22,26). The van der Waals surface area contributed by atoms with E-state index in [0.29, 0.717) is 28.8 Å². The zero-order valence-corrected chi connectivity index (χ0v) is 16.4. The zero-order chi connectivity index (χ0) is 18.9. The van der Waals surface area contributed by atoms with Crippen LogP contribution in [0.25, 0.3) is 0 Å². The summed E-state index contributed by atoms with van der Waals surface area (Å²) < 4.78 is 0. The van der Waals surface area contributed by atoms with Crippen molar-refractivity contribution in [3.63, 3.8) is 0 Å². The van der Waals surface area contributed by atoms with E-state index in [1.165, 1.54) is 6.20 Å². The van der Waals surface area contributed by atoms with Crippen LogP contribution in [0.5, 0.6) is 0 Å². The van der Waals surface area contributed by atoms with Crippen molar-refractivity contribution in [1.82, 2.24) is 20.2 Å². The number of carbonyl (C=O) groups is 1. The number of amides is 1. The van der Waals surface area contributed by atoms with Crippen molar-refractivity contribution in [2.24, 2.45) is 0 Å². The number of rotatable bonds is 9. The first-order chi connectivity index (χ1) is 12.5. The first-order valence-electron chi connectivity index (χ1n) is 8.38. The molecule has 0 aliphatic heterocycles. The lowest BCUT2D eigenvalue weighted by atomic mass is 10.1. The molecule has 26 heavy (non-hydrogen) atoms. The van der Waals surface area contributed by atoms with Crippen molar-refractivity contribution in [3.8, 4) is 0 Å². The molecule has 2 rings (SSSR count). The lowest BCUT2D eigenvalue weighted by molar-refractivity contribution is 0.0949. The summed E-state index contributed by atoms with van der Waals surface area (Å²) in [7, 11) is 4.07. The Hall–Kier alpha value is -1.89. The molecule has 2 aromatic rings. The summed E-state index contributed by atoms with van der Waals surface area (Å²) in [5, 5.41) is 7.18. The first-order valence-corrected chi connectivity index (χ1v) is 9.14. The molecule has 2 N–H and O–H groups in total. The smallest absolute Gasteiger partial charge is 0.271 e. The Kier molecular flexibility index (Phi) is 8.09. The fourth-order valence-electron chi connectivity index (χ4n) is 2.27. The van der Waals surface area contributed by atoms with Crippen molar-refractivity contribution in [2.75, 3.05) is 39.0 Å². The molecule has 1 heterocycles. The molecule has 0 spiro atoms. The topological polar surface area (TPSA) is 70.2 Å². The highest BCUT2D eigenvalue weighted by atomic mass is 35.5. The van der Waals surface area contributed by atoms with Gasteiger partial charge in [-0.25, -0.2) is 9.97 Å². The van der Waals surface area contributed by atoms with Gasteiger partial charge in [-0.15, -0.1) is 0 Å². The SMILES string of the molecule is CN(C)CCCNc1cnc(C(=O)NCCc2ccc(Cl)cc2Cl)cn1. The quantitative estimate of drug-likeness (QED) is 0.638. The van der Waals surface area contributed by atoms with E-state index in [1.54, 1.807) is 18.3 Å². The van der Waals surface area contributed by atoms with Crippen LogP contribution >= 0.6 is 23.2 Å². The van der Waals surface area contributed by atoms with Crippen molar-refractivity contribution < 1.29 is 4.79 Å². The summed E-state index contributed by atoms with van der Waals surface area (Å²) in [6.07, 6.45) is 4.66. The van der Waals surface area contributed by atoms with Crippen LogP contribution in [0.2, 0.25) is 10.0 Å². The van der Waals surface area contributed by atoms with Crippen molar-refractivity contribution in [3.05, 3.63) is 51.9 Å². The minimum atomic E-state index is -0.262. The molecule has 1 amide bonds. The molecule has 0 saturated carbocycles. The van der Waals surface area contributed by atoms with Crippen LogP contribution in [-0.2, 0) is 6.42 Å². The third-order valence-electron chi connectivity index (χ3n) is 3.67. The predicted octanol–water partition coefficient (Wildman–Crippen LogP) is 3.12. The van der Waals surface area contributed by atoms with Gasteiger partial charge in [-0.2, -0.15) is 0 Å². The van der Waals surface area contributed by atoms with E-state index < -0.39 is 0 Å². The van der Waals surface area contributed by atoms with E-state index in [4.69, 9.17) is 23.2 Å². The maximum atomic E-state index is 12.1. The Balaban J connectivity index is 1.76. The largest absolute Gasteiger partial charge is 0.369 e. The van der Waals surface area contributed by atoms with Gasteiger partial charge in [-0.05, 0) is 51.2 Å². The Bertz CT molecular complexity index is 722. The van der Waals surface area contributed by atoms with Gasteiger partial charge in [0, 0.05) is 23.1 Å². The highest BCUT2D eigenvalue weighted by molar-refractivity contribution is 6.35. The van der Waals surface area contributed by atoms with E-state index in [1.807, 2.05) is 20.2 Å². The maximum Gasteiger partial charge on any atom is 0.271 e. The maximum absolute atomic E-state index is 12.1. The number of halogens is 2. The third-order valence-corrected chi connectivity index (χ3v) is 4.25. The Morgan fingerprint density at radius 2 is 1.96 bits per heavy atom. The van der Waals surface area contributed by atoms with Gasteiger partial charge >= 0.3 is 0 Å². The number of hydrogen-bond donors (Lipinski definition) is 2. The predicted molar refractivity (Wildman–Crippen MR) is 106 cm³/mol. The van der Waals surface area contributed by atoms with Crippen LogP contribution in [0.15, 0.2) is 30.6 Å². The Labute approximate surface area is 163 Å². The summed E-state index contributed by atoms with van der Waals surface area (Å²) in [6, 6.07) is 5.32. The molecule has 0 fully saturated rings. The number of aromatic nitrogens is 2. The molecule has 0 aliphatic rings. The molecule has 0 unspecified atom stereocenters. The first kappa shape index (κ1) is 20.4. The van der Waals surface area contributed by atoms with Crippen LogP contribution in [-0.4, -0.2) is 54.5 Å². The van der Waals surface area contributed by atoms with Crippen LogP contribution in [0.3, 0.4) is 0 Å².